The molecule has 0 spiro atoms. The Bertz CT molecular complexity index is 927. The van der Waals surface area contributed by atoms with Crippen molar-refractivity contribution >= 4 is 29.0 Å². The lowest BCUT2D eigenvalue weighted by Gasteiger charge is -2.08. The Labute approximate surface area is 156 Å². The van der Waals surface area contributed by atoms with Gasteiger partial charge in [0.25, 0.3) is 5.91 Å². The molecule has 7 heteroatoms. The molecule has 27 heavy (non-hydrogen) atoms. The Morgan fingerprint density at radius 2 is 1.63 bits per heavy atom. The van der Waals surface area contributed by atoms with Crippen LogP contribution in [0.2, 0.25) is 0 Å². The largest absolute Gasteiger partial charge is 0.365 e. The van der Waals surface area contributed by atoms with E-state index < -0.39 is 0 Å². The van der Waals surface area contributed by atoms with Crippen LogP contribution in [-0.2, 0) is 11.3 Å². The molecule has 3 N–H and O–H groups in total. The predicted molar refractivity (Wildman–Crippen MR) is 104 cm³/mol. The zero-order valence-electron chi connectivity index (χ0n) is 14.8. The number of aromatic nitrogens is 2. The molecule has 0 aliphatic heterocycles. The number of nitrogens with one attached hydrogen (secondary N) is 3. The van der Waals surface area contributed by atoms with Crippen LogP contribution in [0.15, 0.2) is 67.0 Å². The summed E-state index contributed by atoms with van der Waals surface area (Å²) in [6.45, 7) is 2.05. The molecule has 0 saturated carbocycles. The van der Waals surface area contributed by atoms with Gasteiger partial charge in [-0.2, -0.15) is 0 Å². The van der Waals surface area contributed by atoms with Crippen LogP contribution in [0.3, 0.4) is 0 Å². The molecule has 1 aromatic heterocycles. The molecule has 3 rings (SSSR count). The van der Waals surface area contributed by atoms with Crippen molar-refractivity contribution < 1.29 is 9.59 Å². The Hall–Kier alpha value is -3.74. The van der Waals surface area contributed by atoms with E-state index in [4.69, 9.17) is 0 Å². The molecular weight excluding hydrogens is 342 g/mol. The van der Waals surface area contributed by atoms with E-state index in [1.807, 2.05) is 30.3 Å². The van der Waals surface area contributed by atoms with Crippen LogP contribution in [0.5, 0.6) is 0 Å². The molecule has 1 heterocycles. The lowest BCUT2D eigenvalue weighted by Crippen LogP contribution is -2.15. The molecule has 0 saturated heterocycles. The van der Waals surface area contributed by atoms with Gasteiger partial charge < -0.3 is 16.0 Å². The standard InChI is InChI=1S/C20H19N5O2/c1-14(26)24-16-8-5-9-17(10-16)25-20(27)18-12-23-19(13-21-18)22-11-15-6-3-2-4-7-15/h2-10,12-13H,11H2,1H3,(H,22,23)(H,24,26)(H,25,27). The lowest BCUT2D eigenvalue weighted by molar-refractivity contribution is -0.114. The summed E-state index contributed by atoms with van der Waals surface area (Å²) >= 11 is 0. The minimum absolute atomic E-state index is 0.178. The fraction of sp³-hybridized carbons (Fsp3) is 0.100. The number of carbonyl (C=O) groups excluding carboxylic acids is 2. The first-order valence-electron chi connectivity index (χ1n) is 8.39. The summed E-state index contributed by atoms with van der Waals surface area (Å²) in [7, 11) is 0. The summed E-state index contributed by atoms with van der Waals surface area (Å²) in [5, 5.41) is 8.56. The fourth-order valence-corrected chi connectivity index (χ4v) is 2.40. The quantitative estimate of drug-likeness (QED) is 0.626. The van der Waals surface area contributed by atoms with Crippen molar-refractivity contribution in [2.24, 2.45) is 0 Å². The summed E-state index contributed by atoms with van der Waals surface area (Å²) in [5.74, 6) is 0.0306. The van der Waals surface area contributed by atoms with E-state index in [0.29, 0.717) is 23.7 Å². The lowest BCUT2D eigenvalue weighted by atomic mass is 10.2. The van der Waals surface area contributed by atoms with Crippen LogP contribution in [0.1, 0.15) is 23.0 Å². The SMILES string of the molecule is CC(=O)Nc1cccc(NC(=O)c2cnc(NCc3ccccc3)cn2)c1. The molecule has 0 radical (unpaired) electrons. The zero-order valence-corrected chi connectivity index (χ0v) is 14.8. The van der Waals surface area contributed by atoms with Gasteiger partial charge in [-0.05, 0) is 23.8 Å². The van der Waals surface area contributed by atoms with Crippen LogP contribution in [0.25, 0.3) is 0 Å². The molecule has 136 valence electrons. The molecule has 2 amide bonds. The first-order chi connectivity index (χ1) is 13.1. The number of carbonyl (C=O) groups is 2. The summed E-state index contributed by atoms with van der Waals surface area (Å²) in [5.41, 5.74) is 2.48. The van der Waals surface area contributed by atoms with Crippen molar-refractivity contribution in [1.82, 2.24) is 9.97 Å². The molecule has 2 aromatic carbocycles. The highest BCUT2D eigenvalue weighted by atomic mass is 16.2. The van der Waals surface area contributed by atoms with E-state index in [2.05, 4.69) is 25.9 Å². The van der Waals surface area contributed by atoms with Crippen LogP contribution >= 0.6 is 0 Å². The van der Waals surface area contributed by atoms with Crippen molar-refractivity contribution in [2.75, 3.05) is 16.0 Å². The minimum atomic E-state index is -0.378. The second kappa shape index (κ2) is 8.57. The van der Waals surface area contributed by atoms with E-state index in [-0.39, 0.29) is 17.5 Å². The van der Waals surface area contributed by atoms with Crippen LogP contribution < -0.4 is 16.0 Å². The highest BCUT2D eigenvalue weighted by molar-refractivity contribution is 6.03. The van der Waals surface area contributed by atoms with Crippen LogP contribution in [0.4, 0.5) is 17.2 Å². The maximum absolute atomic E-state index is 12.3. The van der Waals surface area contributed by atoms with E-state index in [9.17, 15) is 9.59 Å². The van der Waals surface area contributed by atoms with Crippen molar-refractivity contribution in [3.8, 4) is 0 Å². The Balaban J connectivity index is 1.59. The normalized spacial score (nSPS) is 10.1. The molecule has 7 nitrogen and oxygen atoms in total. The Morgan fingerprint density at radius 3 is 2.30 bits per heavy atom. The molecule has 3 aromatic rings. The summed E-state index contributed by atoms with van der Waals surface area (Å²) in [6.07, 6.45) is 2.94. The summed E-state index contributed by atoms with van der Waals surface area (Å²) < 4.78 is 0. The fourth-order valence-electron chi connectivity index (χ4n) is 2.40. The van der Waals surface area contributed by atoms with Crippen LogP contribution in [-0.4, -0.2) is 21.8 Å². The van der Waals surface area contributed by atoms with Crippen LogP contribution in [0, 0.1) is 0 Å². The Kier molecular flexibility index (Phi) is 5.73. The minimum Gasteiger partial charge on any atom is -0.365 e. The van der Waals surface area contributed by atoms with Gasteiger partial charge in [-0.3, -0.25) is 9.59 Å². The zero-order chi connectivity index (χ0) is 19.1. The van der Waals surface area contributed by atoms with Gasteiger partial charge in [-0.25, -0.2) is 9.97 Å². The van der Waals surface area contributed by atoms with Gasteiger partial charge in [0.2, 0.25) is 5.91 Å². The number of hydrogen-bond acceptors (Lipinski definition) is 5. The molecule has 0 aliphatic rings. The van der Waals surface area contributed by atoms with E-state index in [0.717, 1.165) is 5.56 Å². The van der Waals surface area contributed by atoms with E-state index >= 15 is 0 Å². The van der Waals surface area contributed by atoms with Crippen molar-refractivity contribution in [3.63, 3.8) is 0 Å². The molecule has 0 bridgehead atoms. The average Bonchev–Trinajstić information content (AvgIpc) is 2.67. The number of nitrogens with zero attached hydrogens (tertiary/aromatic N) is 2. The number of amides is 2. The van der Waals surface area contributed by atoms with Gasteiger partial charge in [-0.1, -0.05) is 36.4 Å². The third-order valence-electron chi connectivity index (χ3n) is 3.64. The highest BCUT2D eigenvalue weighted by Gasteiger charge is 2.09. The molecule has 0 fully saturated rings. The van der Waals surface area contributed by atoms with Crippen molar-refractivity contribution in [2.45, 2.75) is 13.5 Å². The molecule has 0 unspecified atom stereocenters. The topological polar surface area (TPSA) is 96.0 Å². The second-order valence-electron chi connectivity index (χ2n) is 5.84. The van der Waals surface area contributed by atoms with E-state index in [1.165, 1.54) is 19.3 Å². The maximum atomic E-state index is 12.3. The summed E-state index contributed by atoms with van der Waals surface area (Å²) in [4.78, 5) is 31.8. The maximum Gasteiger partial charge on any atom is 0.275 e. The number of rotatable bonds is 6. The second-order valence-corrected chi connectivity index (χ2v) is 5.84. The average molecular weight is 361 g/mol. The van der Waals surface area contributed by atoms with Gasteiger partial charge >= 0.3 is 0 Å². The third kappa shape index (κ3) is 5.37. The smallest absolute Gasteiger partial charge is 0.275 e. The number of anilines is 3. The van der Waals surface area contributed by atoms with Gasteiger partial charge in [0.05, 0.1) is 12.4 Å². The predicted octanol–water partition coefficient (Wildman–Crippen LogP) is 3.30. The number of hydrogen-bond donors (Lipinski definition) is 3. The van der Waals surface area contributed by atoms with Gasteiger partial charge in [-0.15, -0.1) is 0 Å². The van der Waals surface area contributed by atoms with Crippen molar-refractivity contribution in [1.29, 1.82) is 0 Å². The van der Waals surface area contributed by atoms with Gasteiger partial charge in [0.15, 0.2) is 0 Å². The monoisotopic (exact) mass is 361 g/mol. The first-order valence-corrected chi connectivity index (χ1v) is 8.39. The first kappa shape index (κ1) is 18.1. The van der Waals surface area contributed by atoms with Gasteiger partial charge in [0.1, 0.15) is 11.5 Å². The number of benzene rings is 2. The molecule has 0 aliphatic carbocycles. The third-order valence-corrected chi connectivity index (χ3v) is 3.64. The van der Waals surface area contributed by atoms with E-state index in [1.54, 1.807) is 24.3 Å². The van der Waals surface area contributed by atoms with Crippen molar-refractivity contribution in [3.05, 3.63) is 78.2 Å². The molecule has 0 atom stereocenters. The van der Waals surface area contributed by atoms with Gasteiger partial charge in [0, 0.05) is 24.8 Å². The highest BCUT2D eigenvalue weighted by Crippen LogP contribution is 2.16. The Morgan fingerprint density at radius 1 is 0.889 bits per heavy atom. The summed E-state index contributed by atoms with van der Waals surface area (Å²) in [6, 6.07) is 16.8. The molecular formula is C20H19N5O2.